The SMILES string of the molecule is Cc1ccc(NC(=O)c2oc3c(F)cccc3c2C)cc1[N+](=O)[O-]. The van der Waals surface area contributed by atoms with Gasteiger partial charge in [0.2, 0.25) is 0 Å². The summed E-state index contributed by atoms with van der Waals surface area (Å²) in [6.07, 6.45) is 0. The molecule has 2 aromatic carbocycles. The summed E-state index contributed by atoms with van der Waals surface area (Å²) in [5, 5.41) is 14.0. The van der Waals surface area contributed by atoms with Crippen LogP contribution in [0.15, 0.2) is 40.8 Å². The molecule has 3 aromatic rings. The number of carbonyl (C=O) groups excluding carboxylic acids is 1. The van der Waals surface area contributed by atoms with Crippen LogP contribution in [0, 0.1) is 29.8 Å². The zero-order valence-electron chi connectivity index (χ0n) is 12.9. The van der Waals surface area contributed by atoms with Crippen molar-refractivity contribution in [3.63, 3.8) is 0 Å². The van der Waals surface area contributed by atoms with E-state index in [0.717, 1.165) is 0 Å². The molecule has 0 aliphatic heterocycles. The van der Waals surface area contributed by atoms with Crippen LogP contribution in [0.2, 0.25) is 0 Å². The van der Waals surface area contributed by atoms with Gasteiger partial charge in [-0.15, -0.1) is 0 Å². The van der Waals surface area contributed by atoms with Crippen LogP contribution in [0.3, 0.4) is 0 Å². The van der Waals surface area contributed by atoms with Gasteiger partial charge in [0.15, 0.2) is 17.2 Å². The van der Waals surface area contributed by atoms with Gasteiger partial charge in [-0.25, -0.2) is 4.39 Å². The zero-order valence-corrected chi connectivity index (χ0v) is 12.9. The molecular weight excluding hydrogens is 315 g/mol. The Balaban J connectivity index is 1.96. The van der Waals surface area contributed by atoms with Gasteiger partial charge in [-0.1, -0.05) is 18.2 Å². The van der Waals surface area contributed by atoms with E-state index in [-0.39, 0.29) is 22.7 Å². The molecule has 0 radical (unpaired) electrons. The van der Waals surface area contributed by atoms with E-state index in [9.17, 15) is 19.3 Å². The molecule has 1 amide bonds. The van der Waals surface area contributed by atoms with Crippen molar-refractivity contribution in [1.29, 1.82) is 0 Å². The van der Waals surface area contributed by atoms with Crippen molar-refractivity contribution < 1.29 is 18.5 Å². The van der Waals surface area contributed by atoms with Crippen molar-refractivity contribution >= 4 is 28.3 Å². The van der Waals surface area contributed by atoms with Crippen LogP contribution in [0.4, 0.5) is 15.8 Å². The summed E-state index contributed by atoms with van der Waals surface area (Å²) < 4.78 is 19.1. The summed E-state index contributed by atoms with van der Waals surface area (Å²) in [6.45, 7) is 3.26. The number of nitrogens with zero attached hydrogens (tertiary/aromatic N) is 1. The summed E-state index contributed by atoms with van der Waals surface area (Å²) in [4.78, 5) is 22.8. The lowest BCUT2D eigenvalue weighted by Gasteiger charge is -2.05. The van der Waals surface area contributed by atoms with Crippen LogP contribution >= 0.6 is 0 Å². The number of carbonyl (C=O) groups is 1. The second-order valence-electron chi connectivity index (χ2n) is 5.39. The number of hydrogen-bond acceptors (Lipinski definition) is 4. The van der Waals surface area contributed by atoms with E-state index in [2.05, 4.69) is 5.32 Å². The van der Waals surface area contributed by atoms with E-state index in [4.69, 9.17) is 4.42 Å². The van der Waals surface area contributed by atoms with E-state index in [0.29, 0.717) is 16.5 Å². The molecule has 3 rings (SSSR count). The minimum Gasteiger partial charge on any atom is -0.448 e. The lowest BCUT2D eigenvalue weighted by Crippen LogP contribution is -2.12. The smallest absolute Gasteiger partial charge is 0.291 e. The average molecular weight is 328 g/mol. The first-order valence-electron chi connectivity index (χ1n) is 7.12. The molecule has 6 nitrogen and oxygen atoms in total. The van der Waals surface area contributed by atoms with Gasteiger partial charge in [-0.3, -0.25) is 14.9 Å². The Labute approximate surface area is 136 Å². The molecule has 0 fully saturated rings. The van der Waals surface area contributed by atoms with Gasteiger partial charge in [0.1, 0.15) is 0 Å². The Morgan fingerprint density at radius 3 is 2.67 bits per heavy atom. The first kappa shape index (κ1) is 15.7. The highest BCUT2D eigenvalue weighted by molar-refractivity contribution is 6.06. The largest absolute Gasteiger partial charge is 0.448 e. The van der Waals surface area contributed by atoms with Crippen molar-refractivity contribution in [3.8, 4) is 0 Å². The molecule has 0 bridgehead atoms. The van der Waals surface area contributed by atoms with Crippen LogP contribution in [0.25, 0.3) is 11.0 Å². The predicted octanol–water partition coefficient (Wildman–Crippen LogP) is 4.35. The van der Waals surface area contributed by atoms with Crippen molar-refractivity contribution in [1.82, 2.24) is 0 Å². The van der Waals surface area contributed by atoms with Crippen LogP contribution in [0.5, 0.6) is 0 Å². The van der Waals surface area contributed by atoms with Crippen molar-refractivity contribution in [2.75, 3.05) is 5.32 Å². The second kappa shape index (κ2) is 5.77. The van der Waals surface area contributed by atoms with Gasteiger partial charge >= 0.3 is 0 Å². The number of fused-ring (bicyclic) bond motifs is 1. The van der Waals surface area contributed by atoms with E-state index in [1.165, 1.54) is 18.2 Å². The monoisotopic (exact) mass is 328 g/mol. The molecule has 24 heavy (non-hydrogen) atoms. The third kappa shape index (κ3) is 2.60. The molecule has 0 atom stereocenters. The maximum absolute atomic E-state index is 13.8. The number of nitrogens with one attached hydrogen (secondary N) is 1. The highest BCUT2D eigenvalue weighted by atomic mass is 19.1. The Morgan fingerprint density at radius 2 is 2.00 bits per heavy atom. The molecule has 0 unspecified atom stereocenters. The number of nitro groups is 1. The number of rotatable bonds is 3. The van der Waals surface area contributed by atoms with Crippen LogP contribution in [-0.2, 0) is 0 Å². The summed E-state index contributed by atoms with van der Waals surface area (Å²) in [5.74, 6) is -1.18. The van der Waals surface area contributed by atoms with Gasteiger partial charge in [0.05, 0.1) is 4.92 Å². The number of anilines is 1. The molecule has 0 saturated carbocycles. The molecule has 1 aromatic heterocycles. The average Bonchev–Trinajstić information content (AvgIpc) is 2.88. The van der Waals surface area contributed by atoms with Gasteiger partial charge in [-0.2, -0.15) is 0 Å². The number of benzene rings is 2. The van der Waals surface area contributed by atoms with E-state index < -0.39 is 16.6 Å². The maximum Gasteiger partial charge on any atom is 0.291 e. The van der Waals surface area contributed by atoms with Gasteiger partial charge in [0.25, 0.3) is 11.6 Å². The third-order valence-corrected chi connectivity index (χ3v) is 3.79. The highest BCUT2D eigenvalue weighted by Crippen LogP contribution is 2.28. The molecule has 1 heterocycles. The Bertz CT molecular complexity index is 978. The molecule has 0 spiro atoms. The minimum atomic E-state index is -0.596. The first-order chi connectivity index (χ1) is 11.4. The van der Waals surface area contributed by atoms with Crippen molar-refractivity contribution in [2.45, 2.75) is 13.8 Å². The number of halogens is 1. The molecule has 122 valence electrons. The summed E-state index contributed by atoms with van der Waals surface area (Å²) >= 11 is 0. The summed E-state index contributed by atoms with van der Waals surface area (Å²) in [7, 11) is 0. The third-order valence-electron chi connectivity index (χ3n) is 3.79. The van der Waals surface area contributed by atoms with E-state index in [1.807, 2.05) is 0 Å². The first-order valence-corrected chi connectivity index (χ1v) is 7.12. The predicted molar refractivity (Wildman–Crippen MR) is 86.7 cm³/mol. The number of furan rings is 1. The number of amides is 1. The van der Waals surface area contributed by atoms with Crippen LogP contribution < -0.4 is 5.32 Å². The number of hydrogen-bond donors (Lipinski definition) is 1. The fraction of sp³-hybridized carbons (Fsp3) is 0.118. The van der Waals surface area contributed by atoms with E-state index >= 15 is 0 Å². The maximum atomic E-state index is 13.8. The Morgan fingerprint density at radius 1 is 1.25 bits per heavy atom. The molecule has 1 N–H and O–H groups in total. The Kier molecular flexibility index (Phi) is 3.76. The van der Waals surface area contributed by atoms with Crippen molar-refractivity contribution in [2.24, 2.45) is 0 Å². The van der Waals surface area contributed by atoms with Crippen molar-refractivity contribution in [3.05, 3.63) is 69.2 Å². The van der Waals surface area contributed by atoms with Gasteiger partial charge in [-0.05, 0) is 26.0 Å². The normalized spacial score (nSPS) is 10.8. The van der Waals surface area contributed by atoms with E-state index in [1.54, 1.807) is 32.0 Å². The Hall–Kier alpha value is -3.22. The fourth-order valence-corrected chi connectivity index (χ4v) is 2.50. The lowest BCUT2D eigenvalue weighted by molar-refractivity contribution is -0.385. The molecule has 0 aliphatic carbocycles. The molecule has 0 saturated heterocycles. The standard InChI is InChI=1S/C17H13FN2O4/c1-9-6-7-11(8-14(9)20(22)23)19-17(21)15-10(2)12-4-3-5-13(18)16(12)24-15/h3-8H,1-2H3,(H,19,21). The fourth-order valence-electron chi connectivity index (χ4n) is 2.50. The molecular formula is C17H13FN2O4. The quantitative estimate of drug-likeness (QED) is 0.572. The number of aryl methyl sites for hydroxylation is 2. The van der Waals surface area contributed by atoms with Gasteiger partial charge in [0, 0.05) is 28.3 Å². The highest BCUT2D eigenvalue weighted by Gasteiger charge is 2.20. The van der Waals surface area contributed by atoms with Gasteiger partial charge < -0.3 is 9.73 Å². The zero-order chi connectivity index (χ0) is 17.4. The molecule has 0 aliphatic rings. The summed E-state index contributed by atoms with van der Waals surface area (Å²) in [5.41, 5.74) is 1.16. The minimum absolute atomic E-state index is 0.00929. The van der Waals surface area contributed by atoms with Crippen LogP contribution in [0.1, 0.15) is 21.7 Å². The topological polar surface area (TPSA) is 85.4 Å². The van der Waals surface area contributed by atoms with Crippen LogP contribution in [-0.4, -0.2) is 10.8 Å². The molecule has 7 heteroatoms. The number of para-hydroxylation sites is 1. The number of nitro benzene ring substituents is 1. The second-order valence-corrected chi connectivity index (χ2v) is 5.39. The summed E-state index contributed by atoms with van der Waals surface area (Å²) in [6, 6.07) is 8.80. The lowest BCUT2D eigenvalue weighted by atomic mass is 10.1.